The van der Waals surface area contributed by atoms with Crippen LogP contribution in [0.2, 0.25) is 0 Å². The molecular formula is C17H28N2O3. The molecule has 0 bridgehead atoms. The van der Waals surface area contributed by atoms with Crippen LogP contribution in [-0.4, -0.2) is 26.2 Å². The minimum Gasteiger partial charge on any atom is -0.493 e. The lowest BCUT2D eigenvalue weighted by atomic mass is 10.1. The van der Waals surface area contributed by atoms with Crippen molar-refractivity contribution in [3.05, 3.63) is 23.8 Å². The number of carbonyl (C=O) groups excluding carboxylic acids is 1. The van der Waals surface area contributed by atoms with Crippen molar-refractivity contribution in [2.24, 2.45) is 5.73 Å². The zero-order valence-electron chi connectivity index (χ0n) is 13.9. The molecule has 1 atom stereocenters. The normalized spacial score (nSPS) is 11.8. The SMILES string of the molecule is CCCCCOc1ccc(C(C)NC(=O)CCN)cc1OC. The summed E-state index contributed by atoms with van der Waals surface area (Å²) >= 11 is 0. The lowest BCUT2D eigenvalue weighted by Gasteiger charge is -2.17. The zero-order chi connectivity index (χ0) is 16.4. The molecule has 0 saturated carbocycles. The summed E-state index contributed by atoms with van der Waals surface area (Å²) in [4.78, 5) is 11.6. The van der Waals surface area contributed by atoms with Gasteiger partial charge in [0.1, 0.15) is 0 Å². The summed E-state index contributed by atoms with van der Waals surface area (Å²) in [5.74, 6) is 1.38. The van der Waals surface area contributed by atoms with Gasteiger partial charge < -0.3 is 20.5 Å². The van der Waals surface area contributed by atoms with Crippen LogP contribution >= 0.6 is 0 Å². The Balaban J connectivity index is 2.68. The van der Waals surface area contributed by atoms with E-state index in [1.165, 1.54) is 6.42 Å². The number of carbonyl (C=O) groups is 1. The molecule has 0 aliphatic heterocycles. The van der Waals surface area contributed by atoms with Crippen LogP contribution in [0.1, 0.15) is 51.1 Å². The van der Waals surface area contributed by atoms with Crippen LogP contribution in [0.5, 0.6) is 11.5 Å². The van der Waals surface area contributed by atoms with Crippen molar-refractivity contribution < 1.29 is 14.3 Å². The second kappa shape index (κ2) is 10.1. The zero-order valence-corrected chi connectivity index (χ0v) is 13.9. The van der Waals surface area contributed by atoms with E-state index in [1.807, 2.05) is 25.1 Å². The topological polar surface area (TPSA) is 73.6 Å². The fourth-order valence-corrected chi connectivity index (χ4v) is 2.14. The van der Waals surface area contributed by atoms with Crippen molar-refractivity contribution in [1.29, 1.82) is 0 Å². The van der Waals surface area contributed by atoms with E-state index in [2.05, 4.69) is 12.2 Å². The van der Waals surface area contributed by atoms with E-state index in [1.54, 1.807) is 7.11 Å². The molecule has 0 radical (unpaired) electrons. The van der Waals surface area contributed by atoms with Crippen molar-refractivity contribution in [3.63, 3.8) is 0 Å². The summed E-state index contributed by atoms with van der Waals surface area (Å²) in [7, 11) is 1.62. The molecule has 0 aromatic heterocycles. The summed E-state index contributed by atoms with van der Waals surface area (Å²) < 4.78 is 11.1. The van der Waals surface area contributed by atoms with E-state index in [9.17, 15) is 4.79 Å². The number of benzene rings is 1. The maximum Gasteiger partial charge on any atom is 0.221 e. The Morgan fingerprint density at radius 2 is 2.09 bits per heavy atom. The van der Waals surface area contributed by atoms with Gasteiger partial charge in [-0.25, -0.2) is 0 Å². The number of amides is 1. The molecule has 0 aliphatic carbocycles. The number of hydrogen-bond acceptors (Lipinski definition) is 4. The van der Waals surface area contributed by atoms with Crippen molar-refractivity contribution in [2.75, 3.05) is 20.3 Å². The van der Waals surface area contributed by atoms with Gasteiger partial charge in [0.15, 0.2) is 11.5 Å². The summed E-state index contributed by atoms with van der Waals surface area (Å²) in [6.45, 7) is 5.14. The highest BCUT2D eigenvalue weighted by Gasteiger charge is 2.12. The van der Waals surface area contributed by atoms with Crippen LogP contribution < -0.4 is 20.5 Å². The molecule has 0 heterocycles. The molecule has 1 amide bonds. The van der Waals surface area contributed by atoms with Crippen molar-refractivity contribution in [3.8, 4) is 11.5 Å². The molecule has 0 spiro atoms. The lowest BCUT2D eigenvalue weighted by Crippen LogP contribution is -2.28. The van der Waals surface area contributed by atoms with Gasteiger partial charge in [-0.3, -0.25) is 4.79 Å². The minimum atomic E-state index is -0.0953. The first-order chi connectivity index (χ1) is 10.6. The maximum absolute atomic E-state index is 11.6. The fourth-order valence-electron chi connectivity index (χ4n) is 2.14. The number of unbranched alkanes of at least 4 members (excludes halogenated alkanes) is 2. The Bertz CT molecular complexity index is 463. The van der Waals surface area contributed by atoms with Gasteiger partial charge in [0, 0.05) is 13.0 Å². The minimum absolute atomic E-state index is 0.0474. The molecule has 124 valence electrons. The van der Waals surface area contributed by atoms with Gasteiger partial charge in [0.2, 0.25) is 5.91 Å². The largest absolute Gasteiger partial charge is 0.493 e. The molecule has 22 heavy (non-hydrogen) atoms. The average Bonchev–Trinajstić information content (AvgIpc) is 2.51. The van der Waals surface area contributed by atoms with E-state index in [0.29, 0.717) is 25.3 Å². The lowest BCUT2D eigenvalue weighted by molar-refractivity contribution is -0.121. The number of rotatable bonds is 10. The third kappa shape index (κ3) is 5.93. The van der Waals surface area contributed by atoms with Gasteiger partial charge in [-0.2, -0.15) is 0 Å². The van der Waals surface area contributed by atoms with Gasteiger partial charge in [0.05, 0.1) is 19.8 Å². The highest BCUT2D eigenvalue weighted by atomic mass is 16.5. The Morgan fingerprint density at radius 3 is 2.73 bits per heavy atom. The van der Waals surface area contributed by atoms with E-state index in [4.69, 9.17) is 15.2 Å². The third-order valence-electron chi connectivity index (χ3n) is 3.44. The Labute approximate surface area is 133 Å². The first-order valence-corrected chi connectivity index (χ1v) is 7.92. The molecule has 0 fully saturated rings. The number of nitrogens with two attached hydrogens (primary N) is 1. The summed E-state index contributed by atoms with van der Waals surface area (Å²) in [6, 6.07) is 5.65. The number of nitrogens with one attached hydrogen (secondary N) is 1. The van der Waals surface area contributed by atoms with Crippen molar-refractivity contribution in [2.45, 2.75) is 45.6 Å². The predicted octanol–water partition coefficient (Wildman–Crippen LogP) is 2.79. The Hall–Kier alpha value is -1.75. The summed E-state index contributed by atoms with van der Waals surface area (Å²) in [5, 5.41) is 2.91. The molecule has 1 rings (SSSR count). The van der Waals surface area contributed by atoms with Gasteiger partial charge in [-0.1, -0.05) is 25.8 Å². The molecule has 3 N–H and O–H groups in total. The fraction of sp³-hybridized carbons (Fsp3) is 0.588. The van der Waals surface area contributed by atoms with Crippen molar-refractivity contribution in [1.82, 2.24) is 5.32 Å². The molecule has 1 unspecified atom stereocenters. The van der Waals surface area contributed by atoms with Crippen LogP contribution in [-0.2, 0) is 4.79 Å². The highest BCUT2D eigenvalue weighted by Crippen LogP contribution is 2.30. The molecule has 0 aliphatic rings. The second-order valence-corrected chi connectivity index (χ2v) is 5.29. The van der Waals surface area contributed by atoms with Gasteiger partial charge in [-0.15, -0.1) is 0 Å². The van der Waals surface area contributed by atoms with Crippen LogP contribution in [0.4, 0.5) is 0 Å². The standard InChI is InChI=1S/C17H28N2O3/c1-4-5-6-11-22-15-8-7-14(12-16(15)21-3)13(2)19-17(20)9-10-18/h7-8,12-13H,4-6,9-11,18H2,1-3H3,(H,19,20). The third-order valence-corrected chi connectivity index (χ3v) is 3.44. The molecular weight excluding hydrogens is 280 g/mol. The second-order valence-electron chi connectivity index (χ2n) is 5.29. The Morgan fingerprint density at radius 1 is 1.32 bits per heavy atom. The van der Waals surface area contributed by atoms with E-state index in [-0.39, 0.29) is 11.9 Å². The monoisotopic (exact) mass is 308 g/mol. The van der Waals surface area contributed by atoms with Crippen LogP contribution in [0.15, 0.2) is 18.2 Å². The van der Waals surface area contributed by atoms with Crippen LogP contribution in [0.3, 0.4) is 0 Å². The first kappa shape index (κ1) is 18.3. The summed E-state index contributed by atoms with van der Waals surface area (Å²) in [5.41, 5.74) is 6.36. The van der Waals surface area contributed by atoms with E-state index >= 15 is 0 Å². The van der Waals surface area contributed by atoms with E-state index in [0.717, 1.165) is 24.2 Å². The van der Waals surface area contributed by atoms with Crippen LogP contribution in [0.25, 0.3) is 0 Å². The van der Waals surface area contributed by atoms with Crippen LogP contribution in [0, 0.1) is 0 Å². The van der Waals surface area contributed by atoms with Crippen molar-refractivity contribution >= 4 is 5.91 Å². The average molecular weight is 308 g/mol. The van der Waals surface area contributed by atoms with Gasteiger partial charge in [-0.05, 0) is 31.0 Å². The number of ether oxygens (including phenoxy) is 2. The Kier molecular flexibility index (Phi) is 8.36. The molecule has 5 heteroatoms. The smallest absolute Gasteiger partial charge is 0.221 e. The molecule has 1 aromatic rings. The quantitative estimate of drug-likeness (QED) is 0.652. The predicted molar refractivity (Wildman–Crippen MR) is 88.2 cm³/mol. The van der Waals surface area contributed by atoms with Gasteiger partial charge in [0.25, 0.3) is 0 Å². The van der Waals surface area contributed by atoms with E-state index < -0.39 is 0 Å². The number of hydrogen-bond donors (Lipinski definition) is 2. The number of methoxy groups -OCH3 is 1. The first-order valence-electron chi connectivity index (χ1n) is 7.92. The molecule has 1 aromatic carbocycles. The molecule has 0 saturated heterocycles. The summed E-state index contributed by atoms with van der Waals surface area (Å²) in [6.07, 6.45) is 3.69. The molecule has 5 nitrogen and oxygen atoms in total. The van der Waals surface area contributed by atoms with Gasteiger partial charge >= 0.3 is 0 Å². The highest BCUT2D eigenvalue weighted by molar-refractivity contribution is 5.76. The maximum atomic E-state index is 11.6.